The Hall–Kier alpha value is 1.05. The summed E-state index contributed by atoms with van der Waals surface area (Å²) >= 11 is 4.21. The smallest absolute Gasteiger partial charge is 0.192 e. The van der Waals surface area contributed by atoms with E-state index in [0.29, 0.717) is 10.5 Å². The average molecular weight is 437 g/mol. The Balaban J connectivity index is 2.90. The first-order chi connectivity index (χ1) is 11.6. The summed E-state index contributed by atoms with van der Waals surface area (Å²) in [6.07, 6.45) is 1.61. The summed E-state index contributed by atoms with van der Waals surface area (Å²) in [7, 11) is -3.51. The second kappa shape index (κ2) is 9.25. The van der Waals surface area contributed by atoms with Crippen LogP contribution in [0.4, 0.5) is 0 Å². The van der Waals surface area contributed by atoms with Crippen molar-refractivity contribution in [2.24, 2.45) is 5.92 Å². The number of thioether (sulfide) groups is 2. The zero-order chi connectivity index (χ0) is 20.4. The average Bonchev–Trinajstić information content (AvgIpc) is 2.49. The van der Waals surface area contributed by atoms with Crippen molar-refractivity contribution < 1.29 is 8.85 Å². The van der Waals surface area contributed by atoms with Crippen LogP contribution < -0.4 is 0 Å². The predicted molar refractivity (Wildman–Crippen MR) is 128 cm³/mol. The van der Waals surface area contributed by atoms with E-state index in [2.05, 4.69) is 98.2 Å². The molecule has 1 fully saturated rings. The summed E-state index contributed by atoms with van der Waals surface area (Å²) in [6, 6.07) is 0. The molecule has 0 N–H and O–H groups in total. The molecular weight excluding hydrogens is 393 g/mol. The third-order valence-electron chi connectivity index (χ3n) is 6.43. The molecule has 6 heteroatoms. The Morgan fingerprint density at radius 3 is 1.77 bits per heavy atom. The normalized spacial score (nSPS) is 20.9. The topological polar surface area (TPSA) is 18.5 Å². The Bertz CT molecular complexity index is 436. The summed E-state index contributed by atoms with van der Waals surface area (Å²) in [5, 5.41) is 0.506. The van der Waals surface area contributed by atoms with Gasteiger partial charge in [-0.15, -0.1) is 23.5 Å². The fourth-order valence-electron chi connectivity index (χ4n) is 2.30. The molecule has 1 heterocycles. The lowest BCUT2D eigenvalue weighted by molar-refractivity contribution is 0.0995. The van der Waals surface area contributed by atoms with Gasteiger partial charge in [0.25, 0.3) is 0 Å². The second-order valence-corrected chi connectivity index (χ2v) is 23.2. The zero-order valence-corrected chi connectivity index (χ0v) is 22.8. The van der Waals surface area contributed by atoms with Gasteiger partial charge >= 0.3 is 0 Å². The molecule has 0 amide bonds. The molecule has 0 aliphatic carbocycles. The van der Waals surface area contributed by atoms with E-state index in [1.807, 2.05) is 0 Å². The Morgan fingerprint density at radius 2 is 1.35 bits per heavy atom. The van der Waals surface area contributed by atoms with Crippen molar-refractivity contribution in [1.29, 1.82) is 0 Å². The van der Waals surface area contributed by atoms with E-state index < -0.39 is 16.6 Å². The molecular formula is C20H44O2S2Si2. The van der Waals surface area contributed by atoms with Crippen LogP contribution in [0.3, 0.4) is 0 Å². The predicted octanol–water partition coefficient (Wildman–Crippen LogP) is 7.23. The summed E-state index contributed by atoms with van der Waals surface area (Å²) in [5.41, 5.74) is 0. The second-order valence-electron chi connectivity index (χ2n) is 10.9. The maximum Gasteiger partial charge on any atom is 0.192 e. The molecule has 0 unspecified atom stereocenters. The molecule has 1 aliphatic heterocycles. The largest absolute Gasteiger partial charge is 0.416 e. The maximum absolute atomic E-state index is 6.99. The maximum atomic E-state index is 6.99. The van der Waals surface area contributed by atoms with Crippen LogP contribution in [0.5, 0.6) is 0 Å². The molecule has 0 aromatic carbocycles. The summed E-state index contributed by atoms with van der Waals surface area (Å²) < 4.78 is 14.1. The molecule has 156 valence electrons. The third-order valence-corrected chi connectivity index (χ3v) is 18.5. The highest BCUT2D eigenvalue weighted by molar-refractivity contribution is 8.17. The first-order valence-electron chi connectivity index (χ1n) is 10.1. The first-order valence-corrected chi connectivity index (χ1v) is 18.0. The van der Waals surface area contributed by atoms with Gasteiger partial charge in [-0.05, 0) is 54.2 Å². The van der Waals surface area contributed by atoms with Crippen LogP contribution in [-0.2, 0) is 8.85 Å². The molecule has 1 saturated heterocycles. The lowest BCUT2D eigenvalue weighted by Gasteiger charge is -2.44. The Kier molecular flexibility index (Phi) is 8.92. The van der Waals surface area contributed by atoms with Gasteiger partial charge in [0.2, 0.25) is 0 Å². The standard InChI is InChI=1S/C20H44O2S2Si2/c1-16(15-21-25(8,9)19(2,3)4)17(18-23-13-12-14-24-18)22-26(10,11)20(5,6)7/h16-18H,12-15H2,1-11H3/t16-,17-/m0/s1. The van der Waals surface area contributed by atoms with Crippen LogP contribution in [-0.4, -0.2) is 45.4 Å². The van der Waals surface area contributed by atoms with Crippen LogP contribution in [0.1, 0.15) is 54.9 Å². The summed E-state index contributed by atoms with van der Waals surface area (Å²) in [4.78, 5) is 0. The molecule has 0 aromatic rings. The van der Waals surface area contributed by atoms with Gasteiger partial charge in [0.1, 0.15) is 0 Å². The number of rotatable bonds is 7. The van der Waals surface area contributed by atoms with Gasteiger partial charge in [0.15, 0.2) is 16.6 Å². The van der Waals surface area contributed by atoms with Crippen LogP contribution in [0.2, 0.25) is 36.3 Å². The molecule has 26 heavy (non-hydrogen) atoms. The van der Waals surface area contributed by atoms with Gasteiger partial charge in [-0.3, -0.25) is 0 Å². The number of hydrogen-bond acceptors (Lipinski definition) is 4. The van der Waals surface area contributed by atoms with E-state index in [0.717, 1.165) is 6.61 Å². The van der Waals surface area contributed by atoms with Gasteiger partial charge in [-0.25, -0.2) is 0 Å². The number of hydrogen-bond donors (Lipinski definition) is 0. The van der Waals surface area contributed by atoms with E-state index in [4.69, 9.17) is 8.85 Å². The van der Waals surface area contributed by atoms with Crippen LogP contribution in [0.15, 0.2) is 0 Å². The lowest BCUT2D eigenvalue weighted by Crippen LogP contribution is -2.50. The van der Waals surface area contributed by atoms with E-state index in [-0.39, 0.29) is 16.2 Å². The SMILES string of the molecule is C[C@@H](CO[Si](C)(C)C(C)(C)C)[C@H](O[Si](C)(C)C(C)(C)C)C1SCCCS1. The minimum absolute atomic E-state index is 0.245. The highest BCUT2D eigenvalue weighted by atomic mass is 32.2. The van der Waals surface area contributed by atoms with E-state index in [9.17, 15) is 0 Å². The van der Waals surface area contributed by atoms with Crippen molar-refractivity contribution in [3.63, 3.8) is 0 Å². The molecule has 0 spiro atoms. The van der Waals surface area contributed by atoms with Crippen molar-refractivity contribution in [2.45, 2.75) is 102 Å². The van der Waals surface area contributed by atoms with Crippen molar-refractivity contribution in [3.05, 3.63) is 0 Å². The zero-order valence-electron chi connectivity index (χ0n) is 19.2. The Labute approximate surface area is 174 Å². The lowest BCUT2D eigenvalue weighted by atomic mass is 10.1. The minimum atomic E-state index is -1.80. The molecule has 2 atom stereocenters. The highest BCUT2D eigenvalue weighted by Crippen LogP contribution is 2.44. The molecule has 0 radical (unpaired) electrons. The monoisotopic (exact) mass is 436 g/mol. The van der Waals surface area contributed by atoms with Gasteiger partial charge < -0.3 is 8.85 Å². The van der Waals surface area contributed by atoms with Gasteiger partial charge in [-0.2, -0.15) is 0 Å². The molecule has 0 aromatic heterocycles. The fourth-order valence-corrected chi connectivity index (χ4v) is 8.27. The van der Waals surface area contributed by atoms with Crippen LogP contribution in [0.25, 0.3) is 0 Å². The van der Waals surface area contributed by atoms with Gasteiger partial charge in [0, 0.05) is 12.5 Å². The van der Waals surface area contributed by atoms with Crippen molar-refractivity contribution in [3.8, 4) is 0 Å². The first kappa shape index (κ1) is 25.1. The fraction of sp³-hybridized carbons (Fsp3) is 1.00. The minimum Gasteiger partial charge on any atom is -0.416 e. The molecule has 0 saturated carbocycles. The van der Waals surface area contributed by atoms with Crippen molar-refractivity contribution in [1.82, 2.24) is 0 Å². The van der Waals surface area contributed by atoms with Crippen LogP contribution in [0, 0.1) is 5.92 Å². The third kappa shape index (κ3) is 6.83. The molecule has 2 nitrogen and oxygen atoms in total. The summed E-state index contributed by atoms with van der Waals surface area (Å²) in [6.45, 7) is 26.6. The molecule has 1 rings (SSSR count). The van der Waals surface area contributed by atoms with E-state index in [1.54, 1.807) is 0 Å². The van der Waals surface area contributed by atoms with Gasteiger partial charge in [-0.1, -0.05) is 48.5 Å². The molecule has 0 bridgehead atoms. The van der Waals surface area contributed by atoms with E-state index >= 15 is 0 Å². The Morgan fingerprint density at radius 1 is 0.885 bits per heavy atom. The van der Waals surface area contributed by atoms with Crippen molar-refractivity contribution >= 4 is 40.2 Å². The quantitative estimate of drug-likeness (QED) is 0.391. The van der Waals surface area contributed by atoms with Crippen molar-refractivity contribution in [2.75, 3.05) is 18.1 Å². The van der Waals surface area contributed by atoms with Gasteiger partial charge in [0.05, 0.1) is 10.7 Å². The van der Waals surface area contributed by atoms with E-state index in [1.165, 1.54) is 17.9 Å². The van der Waals surface area contributed by atoms with Crippen LogP contribution >= 0.6 is 23.5 Å². The summed E-state index contributed by atoms with van der Waals surface area (Å²) in [5.74, 6) is 2.97. The molecule has 1 aliphatic rings. The highest BCUT2D eigenvalue weighted by Gasteiger charge is 2.44.